The SMILES string of the molecule is CC(C)Cc1cc(-c2c(F)c(F)c(-c3cc(CC(C)C)c(Br)s3)c(F)c2F)sc1Br. The maximum absolute atomic E-state index is 15.0. The van der Waals surface area contributed by atoms with Gasteiger partial charge in [0.25, 0.3) is 0 Å². The normalized spacial score (nSPS) is 11.9. The van der Waals surface area contributed by atoms with Crippen LogP contribution in [0, 0.1) is 35.1 Å². The van der Waals surface area contributed by atoms with Gasteiger partial charge in [0.15, 0.2) is 23.3 Å². The molecule has 0 saturated carbocycles. The minimum absolute atomic E-state index is 0.157. The Morgan fingerprint density at radius 2 is 0.967 bits per heavy atom. The van der Waals surface area contributed by atoms with Crippen LogP contribution in [0.3, 0.4) is 0 Å². The molecule has 0 saturated heterocycles. The minimum atomic E-state index is -1.37. The van der Waals surface area contributed by atoms with Gasteiger partial charge in [-0.05, 0) is 79.8 Å². The second kappa shape index (κ2) is 9.43. The number of halogens is 6. The molecule has 0 aliphatic rings. The third-order valence-corrected chi connectivity index (χ3v) is 8.48. The standard InChI is InChI=1S/C22H20Br2F4S2/c1-9(2)5-11-7-13(29-21(11)23)15-17(25)19(27)16(20(28)18(15)26)14-8-12(6-10(3)4)22(24)30-14/h7-10H,5-6H2,1-4H3. The van der Waals surface area contributed by atoms with Gasteiger partial charge in [0.1, 0.15) is 0 Å². The summed E-state index contributed by atoms with van der Waals surface area (Å²) in [5.74, 6) is -4.84. The van der Waals surface area contributed by atoms with Crippen LogP contribution in [0.1, 0.15) is 38.8 Å². The molecular formula is C22H20Br2F4S2. The van der Waals surface area contributed by atoms with Crippen LogP contribution < -0.4 is 0 Å². The van der Waals surface area contributed by atoms with Crippen molar-refractivity contribution in [1.29, 1.82) is 0 Å². The predicted octanol–water partition coefficient (Wildman–Crippen LogP) is 9.62. The van der Waals surface area contributed by atoms with Crippen LogP contribution >= 0.6 is 54.5 Å². The Balaban J connectivity index is 2.14. The Kier molecular flexibility index (Phi) is 7.53. The number of benzene rings is 1. The molecule has 0 amide bonds. The Labute approximate surface area is 198 Å². The molecule has 0 spiro atoms. The molecule has 0 atom stereocenters. The molecule has 3 aromatic rings. The first-order chi connectivity index (χ1) is 14.0. The summed E-state index contributed by atoms with van der Waals surface area (Å²) in [4.78, 5) is 0.314. The van der Waals surface area contributed by atoms with Crippen LogP contribution in [0.25, 0.3) is 20.9 Å². The fraction of sp³-hybridized carbons (Fsp3) is 0.364. The number of rotatable bonds is 6. The van der Waals surface area contributed by atoms with Crippen molar-refractivity contribution in [2.24, 2.45) is 11.8 Å². The Hall–Kier alpha value is -0.700. The van der Waals surface area contributed by atoms with Crippen LogP contribution in [0.4, 0.5) is 17.6 Å². The van der Waals surface area contributed by atoms with Crippen molar-refractivity contribution in [3.05, 3.63) is 54.1 Å². The van der Waals surface area contributed by atoms with Crippen molar-refractivity contribution in [2.75, 3.05) is 0 Å². The summed E-state index contributed by atoms with van der Waals surface area (Å²) in [6.45, 7) is 8.08. The minimum Gasteiger partial charge on any atom is -0.203 e. The molecule has 0 fully saturated rings. The van der Waals surface area contributed by atoms with E-state index in [2.05, 4.69) is 31.9 Å². The van der Waals surface area contributed by atoms with Gasteiger partial charge >= 0.3 is 0 Å². The molecule has 0 radical (unpaired) electrons. The summed E-state index contributed by atoms with van der Waals surface area (Å²) in [6, 6.07) is 3.19. The van der Waals surface area contributed by atoms with E-state index >= 15 is 0 Å². The van der Waals surface area contributed by atoms with Gasteiger partial charge in [-0.25, -0.2) is 17.6 Å². The van der Waals surface area contributed by atoms with Crippen molar-refractivity contribution >= 4 is 54.5 Å². The first kappa shape index (κ1) is 24.0. The molecule has 1 aromatic carbocycles. The molecule has 0 aliphatic heterocycles. The lowest BCUT2D eigenvalue weighted by molar-refractivity contribution is 0.463. The Morgan fingerprint density at radius 1 is 0.667 bits per heavy atom. The van der Waals surface area contributed by atoms with Gasteiger partial charge in [-0.3, -0.25) is 0 Å². The monoisotopic (exact) mass is 582 g/mol. The lowest BCUT2D eigenvalue weighted by atomic mass is 10.0. The largest absolute Gasteiger partial charge is 0.203 e. The summed E-state index contributed by atoms with van der Waals surface area (Å²) >= 11 is 8.92. The molecule has 30 heavy (non-hydrogen) atoms. The Morgan fingerprint density at radius 3 is 1.23 bits per heavy atom. The third kappa shape index (κ3) is 4.71. The van der Waals surface area contributed by atoms with E-state index in [9.17, 15) is 17.6 Å². The molecule has 0 nitrogen and oxygen atoms in total. The zero-order valence-electron chi connectivity index (χ0n) is 16.8. The van der Waals surface area contributed by atoms with Gasteiger partial charge in [0.05, 0.1) is 18.7 Å². The highest BCUT2D eigenvalue weighted by Crippen LogP contribution is 2.44. The van der Waals surface area contributed by atoms with Crippen LogP contribution in [0.2, 0.25) is 0 Å². The summed E-state index contributed by atoms with van der Waals surface area (Å²) in [6.07, 6.45) is 1.37. The second-order valence-electron chi connectivity index (χ2n) is 8.02. The molecule has 162 valence electrons. The quantitative estimate of drug-likeness (QED) is 0.200. The predicted molar refractivity (Wildman–Crippen MR) is 125 cm³/mol. The van der Waals surface area contributed by atoms with Gasteiger partial charge in [-0.15, -0.1) is 22.7 Å². The molecule has 0 N–H and O–H groups in total. The zero-order chi connectivity index (χ0) is 22.3. The third-order valence-electron chi connectivity index (χ3n) is 4.53. The van der Waals surface area contributed by atoms with Gasteiger partial charge in [-0.2, -0.15) is 0 Å². The van der Waals surface area contributed by atoms with E-state index in [0.29, 0.717) is 32.3 Å². The van der Waals surface area contributed by atoms with Crippen molar-refractivity contribution in [2.45, 2.75) is 40.5 Å². The number of hydrogen-bond acceptors (Lipinski definition) is 2. The second-order valence-corrected chi connectivity index (χ2v) is 12.8. The zero-order valence-corrected chi connectivity index (χ0v) is 21.6. The van der Waals surface area contributed by atoms with Crippen LogP contribution in [0.5, 0.6) is 0 Å². The van der Waals surface area contributed by atoms with Crippen LogP contribution in [-0.4, -0.2) is 0 Å². The first-order valence-corrected chi connectivity index (χ1v) is 12.7. The number of hydrogen-bond donors (Lipinski definition) is 0. The highest BCUT2D eigenvalue weighted by molar-refractivity contribution is 9.11. The summed E-state index contributed by atoms with van der Waals surface area (Å²) in [5, 5.41) is 0. The molecule has 0 unspecified atom stereocenters. The van der Waals surface area contributed by atoms with Gasteiger partial charge in [0, 0.05) is 9.75 Å². The number of thiophene rings is 2. The highest BCUT2D eigenvalue weighted by atomic mass is 79.9. The van der Waals surface area contributed by atoms with Crippen molar-refractivity contribution in [3.63, 3.8) is 0 Å². The average Bonchev–Trinajstić information content (AvgIpc) is 3.16. The highest BCUT2D eigenvalue weighted by Gasteiger charge is 2.29. The van der Waals surface area contributed by atoms with Crippen molar-refractivity contribution in [1.82, 2.24) is 0 Å². The fourth-order valence-electron chi connectivity index (χ4n) is 3.28. The van der Waals surface area contributed by atoms with E-state index in [1.807, 2.05) is 27.7 Å². The topological polar surface area (TPSA) is 0 Å². The smallest absolute Gasteiger partial charge is 0.171 e. The summed E-state index contributed by atoms with van der Waals surface area (Å²) < 4.78 is 61.4. The maximum Gasteiger partial charge on any atom is 0.171 e. The van der Waals surface area contributed by atoms with Crippen LogP contribution in [0.15, 0.2) is 19.7 Å². The summed E-state index contributed by atoms with van der Waals surface area (Å²) in [7, 11) is 0. The fourth-order valence-corrected chi connectivity index (χ4v) is 6.78. The van der Waals surface area contributed by atoms with Crippen LogP contribution in [-0.2, 0) is 12.8 Å². The lowest BCUT2D eigenvalue weighted by Gasteiger charge is -2.10. The molecular weight excluding hydrogens is 564 g/mol. The lowest BCUT2D eigenvalue weighted by Crippen LogP contribution is -2.02. The van der Waals surface area contributed by atoms with E-state index in [1.165, 1.54) is 0 Å². The molecule has 2 heterocycles. The van der Waals surface area contributed by atoms with Gasteiger partial charge < -0.3 is 0 Å². The first-order valence-electron chi connectivity index (χ1n) is 9.44. The molecule has 2 aromatic heterocycles. The van der Waals surface area contributed by atoms with Crippen molar-refractivity contribution in [3.8, 4) is 20.9 Å². The summed E-state index contributed by atoms with van der Waals surface area (Å²) in [5.41, 5.74) is 0.392. The van der Waals surface area contributed by atoms with E-state index in [1.54, 1.807) is 12.1 Å². The van der Waals surface area contributed by atoms with E-state index in [-0.39, 0.29) is 9.75 Å². The van der Waals surface area contributed by atoms with Gasteiger partial charge in [0.2, 0.25) is 0 Å². The maximum atomic E-state index is 15.0. The molecule has 8 heteroatoms. The average molecular weight is 584 g/mol. The Bertz CT molecular complexity index is 969. The van der Waals surface area contributed by atoms with Gasteiger partial charge in [-0.1, -0.05) is 27.7 Å². The van der Waals surface area contributed by atoms with Crippen molar-refractivity contribution < 1.29 is 17.6 Å². The van der Waals surface area contributed by atoms with E-state index < -0.39 is 34.4 Å². The van der Waals surface area contributed by atoms with E-state index in [0.717, 1.165) is 33.8 Å². The molecule has 3 rings (SSSR count). The van der Waals surface area contributed by atoms with E-state index in [4.69, 9.17) is 0 Å². The molecule has 0 bridgehead atoms. The molecule has 0 aliphatic carbocycles.